The Bertz CT molecular complexity index is 656. The molecule has 0 aliphatic carbocycles. The van der Waals surface area contributed by atoms with E-state index in [2.05, 4.69) is 21.2 Å². The third kappa shape index (κ3) is 2.99. The van der Waals surface area contributed by atoms with Gasteiger partial charge in [0.25, 0.3) is 5.91 Å². The number of benzene rings is 1. The molecule has 0 saturated heterocycles. The van der Waals surface area contributed by atoms with Crippen molar-refractivity contribution < 1.29 is 19.1 Å². The molecule has 0 unspecified atom stereocenters. The number of thiophene rings is 1. The summed E-state index contributed by atoms with van der Waals surface area (Å²) in [6.07, 6.45) is 0. The molecule has 2 N–H and O–H groups in total. The molecule has 1 heterocycles. The van der Waals surface area contributed by atoms with E-state index in [1.165, 1.54) is 29.6 Å². The fourth-order valence-corrected chi connectivity index (χ4v) is 2.53. The maximum absolute atomic E-state index is 13.6. The van der Waals surface area contributed by atoms with Crippen molar-refractivity contribution >= 4 is 44.1 Å². The minimum atomic E-state index is -1.15. The molecule has 1 aromatic carbocycles. The number of carboxylic acid groups (broad SMARTS) is 1. The van der Waals surface area contributed by atoms with Gasteiger partial charge in [-0.05, 0) is 29.6 Å². The Morgan fingerprint density at radius 3 is 2.63 bits per heavy atom. The number of halogens is 2. The van der Waals surface area contributed by atoms with Crippen LogP contribution in [0.5, 0.6) is 0 Å². The largest absolute Gasteiger partial charge is 0.478 e. The summed E-state index contributed by atoms with van der Waals surface area (Å²) < 4.78 is 14.1. The van der Waals surface area contributed by atoms with E-state index in [1.54, 1.807) is 0 Å². The zero-order valence-corrected chi connectivity index (χ0v) is 11.7. The van der Waals surface area contributed by atoms with Crippen LogP contribution < -0.4 is 5.32 Å². The topological polar surface area (TPSA) is 66.4 Å². The molecule has 0 spiro atoms. The average Bonchev–Trinajstić information content (AvgIpc) is 2.76. The Morgan fingerprint density at radius 2 is 2.00 bits per heavy atom. The van der Waals surface area contributed by atoms with Crippen molar-refractivity contribution in [2.45, 2.75) is 0 Å². The quantitative estimate of drug-likeness (QED) is 0.894. The average molecular weight is 344 g/mol. The smallest absolute Gasteiger partial charge is 0.338 e. The normalized spacial score (nSPS) is 10.2. The van der Waals surface area contributed by atoms with Gasteiger partial charge in [0.2, 0.25) is 0 Å². The van der Waals surface area contributed by atoms with Crippen molar-refractivity contribution in [3.63, 3.8) is 0 Å². The predicted octanol–water partition coefficient (Wildman–Crippen LogP) is 3.60. The predicted molar refractivity (Wildman–Crippen MR) is 73.3 cm³/mol. The Kier molecular flexibility index (Phi) is 3.96. The van der Waals surface area contributed by atoms with Crippen LogP contribution in [0.25, 0.3) is 0 Å². The second kappa shape index (κ2) is 5.50. The summed E-state index contributed by atoms with van der Waals surface area (Å²) in [4.78, 5) is 22.8. The third-order valence-electron chi connectivity index (χ3n) is 2.30. The molecular formula is C12H7BrFNO3S. The number of carbonyl (C=O) groups is 2. The molecule has 0 bridgehead atoms. The molecule has 4 nitrogen and oxygen atoms in total. The van der Waals surface area contributed by atoms with Gasteiger partial charge in [0.1, 0.15) is 10.8 Å². The first kappa shape index (κ1) is 13.7. The molecule has 98 valence electrons. The van der Waals surface area contributed by atoms with E-state index in [0.717, 1.165) is 11.3 Å². The van der Waals surface area contributed by atoms with Crippen molar-refractivity contribution in [1.29, 1.82) is 0 Å². The van der Waals surface area contributed by atoms with E-state index >= 15 is 0 Å². The highest BCUT2D eigenvalue weighted by Gasteiger charge is 2.17. The molecule has 1 aromatic heterocycles. The zero-order valence-electron chi connectivity index (χ0n) is 9.31. The lowest BCUT2D eigenvalue weighted by Gasteiger charge is -2.05. The van der Waals surface area contributed by atoms with Crippen molar-refractivity contribution in [3.05, 3.63) is 51.1 Å². The molecule has 0 saturated carbocycles. The summed E-state index contributed by atoms with van der Waals surface area (Å²) >= 11 is 4.15. The van der Waals surface area contributed by atoms with Gasteiger partial charge in [-0.15, -0.1) is 11.3 Å². The van der Waals surface area contributed by atoms with Crippen molar-refractivity contribution in [2.75, 3.05) is 5.32 Å². The highest BCUT2D eigenvalue weighted by atomic mass is 79.9. The van der Waals surface area contributed by atoms with Crippen LogP contribution in [-0.4, -0.2) is 17.0 Å². The minimum Gasteiger partial charge on any atom is -0.478 e. The molecule has 7 heteroatoms. The van der Waals surface area contributed by atoms with Crippen LogP contribution in [0.2, 0.25) is 0 Å². The summed E-state index contributed by atoms with van der Waals surface area (Å²) in [5.74, 6) is -2.51. The minimum absolute atomic E-state index is 0.0177. The van der Waals surface area contributed by atoms with Gasteiger partial charge in [-0.25, -0.2) is 9.18 Å². The molecule has 0 atom stereocenters. The van der Waals surface area contributed by atoms with Gasteiger partial charge in [-0.2, -0.15) is 0 Å². The first-order chi connectivity index (χ1) is 8.99. The lowest BCUT2D eigenvalue weighted by molar-refractivity contribution is 0.0698. The molecule has 0 radical (unpaired) electrons. The monoisotopic (exact) mass is 343 g/mol. The van der Waals surface area contributed by atoms with Gasteiger partial charge in [-0.1, -0.05) is 15.9 Å². The van der Waals surface area contributed by atoms with E-state index in [-0.39, 0.29) is 16.1 Å². The summed E-state index contributed by atoms with van der Waals surface area (Å²) in [5, 5.41) is 13.0. The van der Waals surface area contributed by atoms with E-state index in [0.29, 0.717) is 4.47 Å². The lowest BCUT2D eigenvalue weighted by Crippen LogP contribution is -2.14. The standard InChI is InChI=1S/C12H7BrFNO3S/c13-6-1-2-7(9(14)5-6)10(16)15-11-8(12(17)18)3-4-19-11/h1-5H,(H,15,16)(H,17,18). The van der Waals surface area contributed by atoms with Crippen LogP contribution in [-0.2, 0) is 0 Å². The molecular weight excluding hydrogens is 337 g/mol. The summed E-state index contributed by atoms with van der Waals surface area (Å²) in [6.45, 7) is 0. The second-order valence-corrected chi connectivity index (χ2v) is 5.38. The Hall–Kier alpha value is -1.73. The molecule has 0 fully saturated rings. The van der Waals surface area contributed by atoms with E-state index in [1.807, 2.05) is 0 Å². The maximum Gasteiger partial charge on any atom is 0.338 e. The Labute approximate surface area is 120 Å². The van der Waals surface area contributed by atoms with Crippen LogP contribution in [0.15, 0.2) is 34.1 Å². The van der Waals surface area contributed by atoms with E-state index < -0.39 is 17.7 Å². The summed E-state index contributed by atoms with van der Waals surface area (Å²) in [5.41, 5.74) is -0.163. The van der Waals surface area contributed by atoms with Gasteiger partial charge in [0.15, 0.2) is 0 Å². The van der Waals surface area contributed by atoms with Gasteiger partial charge in [-0.3, -0.25) is 4.79 Å². The highest BCUT2D eigenvalue weighted by molar-refractivity contribution is 9.10. The zero-order chi connectivity index (χ0) is 14.0. The van der Waals surface area contributed by atoms with Gasteiger partial charge >= 0.3 is 5.97 Å². The number of anilines is 1. The number of aromatic carboxylic acids is 1. The van der Waals surface area contributed by atoms with Crippen LogP contribution in [0.4, 0.5) is 9.39 Å². The number of hydrogen-bond acceptors (Lipinski definition) is 3. The summed E-state index contributed by atoms with van der Waals surface area (Å²) in [6, 6.07) is 5.40. The fourth-order valence-electron chi connectivity index (χ4n) is 1.42. The number of hydrogen-bond donors (Lipinski definition) is 2. The number of amides is 1. The third-order valence-corrected chi connectivity index (χ3v) is 3.62. The molecule has 0 aliphatic heterocycles. The maximum atomic E-state index is 13.6. The molecule has 1 amide bonds. The van der Waals surface area contributed by atoms with Crippen LogP contribution in [0.3, 0.4) is 0 Å². The number of carbonyl (C=O) groups excluding carboxylic acids is 1. The summed E-state index contributed by atoms with van der Waals surface area (Å²) in [7, 11) is 0. The van der Waals surface area contributed by atoms with Gasteiger partial charge < -0.3 is 10.4 Å². The van der Waals surface area contributed by atoms with Crippen molar-refractivity contribution in [3.8, 4) is 0 Å². The SMILES string of the molecule is O=C(Nc1sccc1C(=O)O)c1ccc(Br)cc1F. The van der Waals surface area contributed by atoms with Crippen LogP contribution in [0, 0.1) is 5.82 Å². The second-order valence-electron chi connectivity index (χ2n) is 3.55. The van der Waals surface area contributed by atoms with Crippen molar-refractivity contribution in [1.82, 2.24) is 0 Å². The number of rotatable bonds is 3. The van der Waals surface area contributed by atoms with Gasteiger partial charge in [0.05, 0.1) is 11.1 Å². The van der Waals surface area contributed by atoms with Crippen LogP contribution >= 0.6 is 27.3 Å². The van der Waals surface area contributed by atoms with E-state index in [9.17, 15) is 14.0 Å². The highest BCUT2D eigenvalue weighted by Crippen LogP contribution is 2.24. The fraction of sp³-hybridized carbons (Fsp3) is 0. The molecule has 2 rings (SSSR count). The van der Waals surface area contributed by atoms with Crippen LogP contribution in [0.1, 0.15) is 20.7 Å². The van der Waals surface area contributed by atoms with Crippen molar-refractivity contribution in [2.24, 2.45) is 0 Å². The first-order valence-corrected chi connectivity index (χ1v) is 6.73. The Balaban J connectivity index is 2.26. The number of carboxylic acids is 1. The Morgan fingerprint density at radius 1 is 1.26 bits per heavy atom. The molecule has 0 aliphatic rings. The molecule has 2 aromatic rings. The first-order valence-electron chi connectivity index (χ1n) is 5.06. The number of nitrogens with one attached hydrogen (secondary N) is 1. The van der Waals surface area contributed by atoms with Gasteiger partial charge in [0, 0.05) is 4.47 Å². The lowest BCUT2D eigenvalue weighted by atomic mass is 10.2. The van der Waals surface area contributed by atoms with E-state index in [4.69, 9.17) is 5.11 Å². The molecule has 19 heavy (non-hydrogen) atoms.